The summed E-state index contributed by atoms with van der Waals surface area (Å²) in [6.45, 7) is 15.3. The minimum Gasteiger partial charge on any atom is -0.360 e. The van der Waals surface area contributed by atoms with E-state index in [2.05, 4.69) is 401 Å². The zero-order chi connectivity index (χ0) is 93.0. The van der Waals surface area contributed by atoms with Gasteiger partial charge in [0, 0.05) is 135 Å². The molecular formula is C128H70N14. The van der Waals surface area contributed by atoms with Crippen LogP contribution in [0.3, 0.4) is 0 Å². The lowest BCUT2D eigenvalue weighted by molar-refractivity contribution is 1.01. The van der Waals surface area contributed by atoms with Crippen molar-refractivity contribution in [1.29, 1.82) is 0 Å². The molecule has 33 rings (SSSR count). The number of rotatable bonds is 6. The van der Waals surface area contributed by atoms with Crippen LogP contribution in [0, 0.1) is 13.1 Å². The molecule has 14 heteroatoms. The van der Waals surface area contributed by atoms with Crippen LogP contribution in [0.4, 0.5) is 11.5 Å². The van der Waals surface area contributed by atoms with Crippen molar-refractivity contribution in [2.75, 3.05) is 0 Å². The molecule has 33 aromatic rings. The number of aromatic nitrogens is 12. The minimum atomic E-state index is 0.362. The fourth-order valence-corrected chi connectivity index (χ4v) is 24.1. The van der Waals surface area contributed by atoms with Crippen molar-refractivity contribution in [2.24, 2.45) is 0 Å². The second-order valence-corrected chi connectivity index (χ2v) is 37.1. The molecule has 0 spiro atoms. The van der Waals surface area contributed by atoms with Crippen molar-refractivity contribution in [3.63, 3.8) is 0 Å². The summed E-state index contributed by atoms with van der Waals surface area (Å²) < 4.78 is 14.1. The molecule has 0 radical (unpaired) electrons. The highest BCUT2D eigenvalue weighted by Crippen LogP contribution is 2.54. The molecule has 12 aromatic heterocycles. The molecule has 21 aromatic carbocycles. The Kier molecular flexibility index (Phi) is 16.0. The number of fused-ring (bicyclic) bond motifs is 39. The van der Waals surface area contributed by atoms with Crippen LogP contribution in [0.15, 0.2) is 425 Å². The van der Waals surface area contributed by atoms with E-state index in [9.17, 15) is 0 Å². The van der Waals surface area contributed by atoms with E-state index in [4.69, 9.17) is 43.0 Å². The molecule has 0 atom stereocenters. The monoisotopic (exact) mass is 1800 g/mol. The van der Waals surface area contributed by atoms with Gasteiger partial charge < -0.3 is 18.0 Å². The highest BCUT2D eigenvalue weighted by atomic mass is 15.2. The van der Waals surface area contributed by atoms with Gasteiger partial charge in [0.15, 0.2) is 5.69 Å². The summed E-state index contributed by atoms with van der Waals surface area (Å²) >= 11 is 0. The van der Waals surface area contributed by atoms with Crippen LogP contribution in [0.1, 0.15) is 0 Å². The Labute approximate surface area is 806 Å². The molecular weight excluding hydrogens is 1730 g/mol. The van der Waals surface area contributed by atoms with Gasteiger partial charge in [-0.25, -0.2) is 24.8 Å². The first-order chi connectivity index (χ1) is 70.4. The zero-order valence-corrected chi connectivity index (χ0v) is 75.7. The molecule has 0 bridgehead atoms. The predicted octanol–water partition coefficient (Wildman–Crippen LogP) is 33.2. The third-order valence-corrected chi connectivity index (χ3v) is 30.0. The van der Waals surface area contributed by atoms with E-state index in [-0.39, 0.29) is 0 Å². The molecule has 652 valence electrons. The smallest absolute Gasteiger partial charge is 0.332 e. The number of hydrogen-bond donors (Lipinski definition) is 0. The maximum absolute atomic E-state index is 7.89. The van der Waals surface area contributed by atoms with Crippen LogP contribution in [0.2, 0.25) is 0 Å². The van der Waals surface area contributed by atoms with Gasteiger partial charge in [-0.2, -0.15) is 4.98 Å². The van der Waals surface area contributed by atoms with Crippen molar-refractivity contribution < 1.29 is 0 Å². The lowest BCUT2D eigenvalue weighted by Crippen LogP contribution is -2.03. The van der Waals surface area contributed by atoms with E-state index in [1.807, 2.05) is 60.7 Å². The highest BCUT2D eigenvalue weighted by Gasteiger charge is 2.32. The average Bonchev–Trinajstić information content (AvgIpc) is 1.52. The van der Waals surface area contributed by atoms with Crippen molar-refractivity contribution >= 4 is 256 Å². The Morgan fingerprint density at radius 1 is 0.176 bits per heavy atom. The Balaban J connectivity index is 0.0000000982. The van der Waals surface area contributed by atoms with Gasteiger partial charge in [0.05, 0.1) is 117 Å². The third-order valence-electron chi connectivity index (χ3n) is 30.0. The van der Waals surface area contributed by atoms with Gasteiger partial charge in [0.25, 0.3) is 5.82 Å². The first-order valence-electron chi connectivity index (χ1n) is 47.8. The zero-order valence-electron chi connectivity index (χ0n) is 75.7. The van der Waals surface area contributed by atoms with Gasteiger partial charge in [-0.1, -0.05) is 363 Å². The van der Waals surface area contributed by atoms with E-state index >= 15 is 0 Å². The Morgan fingerprint density at radius 3 is 0.838 bits per heavy atom. The van der Waals surface area contributed by atoms with Gasteiger partial charge in [-0.05, 0) is 106 Å². The van der Waals surface area contributed by atoms with Crippen molar-refractivity contribution in [3.8, 4) is 51.5 Å². The van der Waals surface area contributed by atoms with Crippen molar-refractivity contribution in [3.05, 3.63) is 447 Å². The predicted molar refractivity (Wildman–Crippen MR) is 587 cm³/mol. The average molecular weight is 1800 g/mol. The van der Waals surface area contributed by atoms with Crippen LogP contribution in [0.5, 0.6) is 0 Å². The fraction of sp³-hybridized carbons (Fsp3) is 0. The lowest BCUT2D eigenvalue weighted by atomic mass is 10.00. The molecule has 0 amide bonds. The summed E-state index contributed by atoms with van der Waals surface area (Å²) in [5.41, 5.74) is 26.8. The molecule has 0 aliphatic rings. The van der Waals surface area contributed by atoms with E-state index in [0.29, 0.717) is 29.4 Å². The van der Waals surface area contributed by atoms with E-state index in [0.717, 1.165) is 93.7 Å². The van der Waals surface area contributed by atoms with Gasteiger partial charge in [-0.3, -0.25) is 13.7 Å². The molecule has 14 nitrogen and oxygen atoms in total. The topological polar surface area (TPSA) is 114 Å². The van der Waals surface area contributed by atoms with Gasteiger partial charge >= 0.3 is 5.95 Å². The Hall–Kier alpha value is -19.8. The molecule has 0 aliphatic heterocycles. The first-order valence-corrected chi connectivity index (χ1v) is 47.8. The third kappa shape index (κ3) is 10.7. The van der Waals surface area contributed by atoms with Crippen molar-refractivity contribution in [2.45, 2.75) is 0 Å². The summed E-state index contributed by atoms with van der Waals surface area (Å²) in [5, 5.41) is 32.2. The van der Waals surface area contributed by atoms with Gasteiger partial charge in [0.2, 0.25) is 11.9 Å². The van der Waals surface area contributed by atoms with E-state index < -0.39 is 0 Å². The molecule has 0 saturated heterocycles. The fourth-order valence-electron chi connectivity index (χ4n) is 24.1. The minimum absolute atomic E-state index is 0.362. The summed E-state index contributed by atoms with van der Waals surface area (Å²) in [4.78, 5) is 38.5. The van der Waals surface area contributed by atoms with Crippen LogP contribution >= 0.6 is 0 Å². The maximum Gasteiger partial charge on any atom is 0.332 e. The first kappa shape index (κ1) is 77.5. The van der Waals surface area contributed by atoms with Crippen LogP contribution in [-0.4, -0.2) is 56.8 Å². The molecule has 0 unspecified atom stereocenters. The molecule has 0 fully saturated rings. The van der Waals surface area contributed by atoms with Crippen molar-refractivity contribution in [1.82, 2.24) is 56.8 Å². The number of para-hydroxylation sites is 9. The second-order valence-electron chi connectivity index (χ2n) is 37.1. The summed E-state index contributed by atoms with van der Waals surface area (Å²) in [6.07, 6.45) is 0. The largest absolute Gasteiger partial charge is 0.360 e. The van der Waals surface area contributed by atoms with Crippen LogP contribution < -0.4 is 0 Å². The second kappa shape index (κ2) is 29.4. The Bertz CT molecular complexity index is 11400. The van der Waals surface area contributed by atoms with Crippen LogP contribution in [-0.2, 0) is 0 Å². The SMILES string of the molecule is [C-]#[N+]c1ccc(-c2nc(-n3c4ccccc4c4c5c6ccc7ccccc7c6n6c7ccccc7c(cc43)c56)nc3ccccc23)cc1.[C-]#[N+]c1nc(-n2c3ccccc3c3c4c5ccc6ccccc6c5n5c6ccccc6c(cc32)c45)nc2ccccc12.c1ccc(-c2ccc(-c3nc(-n4c5ccccc5c5c6c7ccc8ccccc8c7n7c8ccccc8c(cc54)c67)nc4ccccc34)cc2)cc1. The number of nitrogens with zero attached hydrogens (tertiary/aromatic N) is 14. The molecule has 0 saturated carbocycles. The Morgan fingerprint density at radius 2 is 0.465 bits per heavy atom. The standard InChI is InChI=1S/C48H28N4.C43H23N5.C37H19N5/c1-2-12-29(13-3-1)30-22-24-32(25-23-30)45-35-17-6-9-19-39(35)49-48(50-45)51-41-21-11-8-18-36(41)43-42(51)28-38-34-16-7-10-20-40(34)52-46-33-15-5-4-14-31(33)26-27-37(46)44(43)47(38)52;1-44-27-21-18-26(19-22-27)40-30-13-4-7-15-34(30)45-43(46-40)47-36-17-9-6-14-31(36)38-37(47)24-33-29-12-5-8-16-35(29)48-41-28-11-3-2-10-25(28)20-23-32(41)39(38)42(33)48;1-38-36-24-13-4-7-15-28(24)39-37(40-36)41-30-17-9-6-14-25(30)32-31(41)20-27-23-12-5-8-16-29(23)42-34-22-11-3-2-10-21(22)18-19-26(34)33(32)35(27)42/h1-28H;2-24H;2-20H. The lowest BCUT2D eigenvalue weighted by Gasteiger charge is -2.12. The van der Waals surface area contributed by atoms with E-state index in [1.165, 1.54) is 185 Å². The normalized spacial score (nSPS) is 12.2. The van der Waals surface area contributed by atoms with E-state index in [1.54, 1.807) is 0 Å². The number of benzene rings is 21. The molecule has 12 heterocycles. The quantitative estimate of drug-likeness (QED) is 0.153. The highest BCUT2D eigenvalue weighted by molar-refractivity contribution is 6.41. The summed E-state index contributed by atoms with van der Waals surface area (Å²) in [7, 11) is 0. The van der Waals surface area contributed by atoms with Crippen LogP contribution in [0.25, 0.3) is 306 Å². The maximum atomic E-state index is 7.89. The summed E-state index contributed by atoms with van der Waals surface area (Å²) in [6, 6.07) is 150. The molecule has 0 N–H and O–H groups in total. The number of hydrogen-bond acceptors (Lipinski definition) is 6. The summed E-state index contributed by atoms with van der Waals surface area (Å²) in [5.74, 6) is 2.16. The van der Waals surface area contributed by atoms with Gasteiger partial charge in [0.1, 0.15) is 0 Å². The molecule has 142 heavy (non-hydrogen) atoms. The molecule has 0 aliphatic carbocycles. The van der Waals surface area contributed by atoms with Gasteiger partial charge in [-0.15, -0.1) is 0 Å².